The van der Waals surface area contributed by atoms with E-state index >= 15 is 0 Å². The van der Waals surface area contributed by atoms with Crippen LogP contribution < -0.4 is 5.32 Å². The molecule has 1 atom stereocenters. The normalized spacial score (nSPS) is 12.9. The predicted octanol–water partition coefficient (Wildman–Crippen LogP) is 1.59. The third kappa shape index (κ3) is 4.06. The molecule has 1 rings (SSSR count). The van der Waals surface area contributed by atoms with E-state index in [1.807, 2.05) is 17.9 Å². The fraction of sp³-hybridized carbons (Fsp3) is 0.727. The van der Waals surface area contributed by atoms with Crippen LogP contribution in [-0.2, 0) is 16.0 Å². The molecule has 6 heteroatoms. The molecular formula is C11H20BrN3O2. The van der Waals surface area contributed by atoms with Gasteiger partial charge in [0.2, 0.25) is 0 Å². The van der Waals surface area contributed by atoms with E-state index in [4.69, 9.17) is 9.47 Å². The van der Waals surface area contributed by atoms with Gasteiger partial charge in [-0.15, -0.1) is 0 Å². The molecule has 0 saturated heterocycles. The number of hydrogen-bond donors (Lipinski definition) is 1. The summed E-state index contributed by atoms with van der Waals surface area (Å²) in [5, 5.41) is 7.62. The molecule has 1 unspecified atom stereocenters. The fourth-order valence-corrected chi connectivity index (χ4v) is 2.30. The van der Waals surface area contributed by atoms with Gasteiger partial charge in [-0.25, -0.2) is 0 Å². The topological polar surface area (TPSA) is 48.3 Å². The summed E-state index contributed by atoms with van der Waals surface area (Å²) < 4.78 is 13.2. The summed E-state index contributed by atoms with van der Waals surface area (Å²) >= 11 is 3.54. The molecule has 1 heterocycles. The van der Waals surface area contributed by atoms with Crippen LogP contribution in [0, 0.1) is 0 Å². The lowest BCUT2D eigenvalue weighted by atomic mass is 10.1. The lowest BCUT2D eigenvalue weighted by Crippen LogP contribution is -2.23. The molecule has 0 fully saturated rings. The minimum atomic E-state index is 0.226. The highest BCUT2D eigenvalue weighted by Gasteiger charge is 2.18. The van der Waals surface area contributed by atoms with E-state index in [0.29, 0.717) is 13.2 Å². The number of ether oxygens (including phenoxy) is 2. The van der Waals surface area contributed by atoms with Crippen LogP contribution in [0.4, 0.5) is 0 Å². The zero-order chi connectivity index (χ0) is 12.7. The van der Waals surface area contributed by atoms with Gasteiger partial charge in [0.05, 0.1) is 35.6 Å². The van der Waals surface area contributed by atoms with Gasteiger partial charge in [-0.2, -0.15) is 5.10 Å². The van der Waals surface area contributed by atoms with Crippen LogP contribution in [0.25, 0.3) is 0 Å². The van der Waals surface area contributed by atoms with Crippen molar-refractivity contribution in [3.8, 4) is 0 Å². The zero-order valence-electron chi connectivity index (χ0n) is 10.6. The molecule has 0 bridgehead atoms. The number of methoxy groups -OCH3 is 2. The number of aromatic nitrogens is 2. The van der Waals surface area contributed by atoms with E-state index in [1.165, 1.54) is 0 Å². The first-order chi connectivity index (χ1) is 8.24. The van der Waals surface area contributed by atoms with Gasteiger partial charge in [0.15, 0.2) is 0 Å². The minimum absolute atomic E-state index is 0.226. The predicted molar refractivity (Wildman–Crippen MR) is 70.1 cm³/mol. The number of hydrogen-bond acceptors (Lipinski definition) is 4. The van der Waals surface area contributed by atoms with E-state index in [9.17, 15) is 0 Å². The summed E-state index contributed by atoms with van der Waals surface area (Å²) in [5.41, 5.74) is 1.14. The van der Waals surface area contributed by atoms with Gasteiger partial charge in [0.25, 0.3) is 0 Å². The third-order valence-electron chi connectivity index (χ3n) is 2.63. The largest absolute Gasteiger partial charge is 0.385 e. The van der Waals surface area contributed by atoms with E-state index in [0.717, 1.165) is 23.1 Å². The molecule has 0 aliphatic carbocycles. The van der Waals surface area contributed by atoms with Crippen LogP contribution in [0.2, 0.25) is 0 Å². The van der Waals surface area contributed by atoms with Gasteiger partial charge in [0, 0.05) is 20.8 Å². The quantitative estimate of drug-likeness (QED) is 0.792. The van der Waals surface area contributed by atoms with Gasteiger partial charge in [0.1, 0.15) is 0 Å². The molecule has 0 aliphatic heterocycles. The van der Waals surface area contributed by atoms with Crippen molar-refractivity contribution in [3.05, 3.63) is 16.4 Å². The highest BCUT2D eigenvalue weighted by molar-refractivity contribution is 9.10. The van der Waals surface area contributed by atoms with Gasteiger partial charge < -0.3 is 14.8 Å². The summed E-state index contributed by atoms with van der Waals surface area (Å²) in [5.74, 6) is 0. The average molecular weight is 306 g/mol. The van der Waals surface area contributed by atoms with Crippen LogP contribution >= 0.6 is 15.9 Å². The molecule has 0 aliphatic rings. The molecule has 17 heavy (non-hydrogen) atoms. The molecule has 98 valence electrons. The summed E-state index contributed by atoms with van der Waals surface area (Å²) in [7, 11) is 5.35. The van der Waals surface area contributed by atoms with Crippen molar-refractivity contribution < 1.29 is 9.47 Å². The lowest BCUT2D eigenvalue weighted by Gasteiger charge is -2.18. The SMILES string of the molecule is CNC(CCOC)c1c(Br)cnn1CCOC. The first-order valence-corrected chi connectivity index (χ1v) is 6.40. The van der Waals surface area contributed by atoms with Crippen molar-refractivity contribution >= 4 is 15.9 Å². The third-order valence-corrected chi connectivity index (χ3v) is 3.24. The van der Waals surface area contributed by atoms with E-state index < -0.39 is 0 Å². The van der Waals surface area contributed by atoms with Crippen LogP contribution in [-0.4, -0.2) is 44.3 Å². The first kappa shape index (κ1) is 14.6. The Kier molecular flexibility index (Phi) is 6.72. The highest BCUT2D eigenvalue weighted by Crippen LogP contribution is 2.25. The molecule has 1 N–H and O–H groups in total. The maximum atomic E-state index is 5.12. The van der Waals surface area contributed by atoms with Crippen LogP contribution in [0.15, 0.2) is 10.7 Å². The Bertz CT molecular complexity index is 331. The number of nitrogens with zero attached hydrogens (tertiary/aromatic N) is 2. The van der Waals surface area contributed by atoms with Crippen molar-refractivity contribution in [2.75, 3.05) is 34.5 Å². The molecule has 0 saturated carbocycles. The van der Waals surface area contributed by atoms with E-state index in [1.54, 1.807) is 14.2 Å². The van der Waals surface area contributed by atoms with Crippen molar-refractivity contribution in [1.29, 1.82) is 0 Å². The van der Waals surface area contributed by atoms with E-state index in [2.05, 4.69) is 26.3 Å². The summed E-state index contributed by atoms with van der Waals surface area (Å²) in [6.07, 6.45) is 2.73. The molecule has 0 spiro atoms. The molecule has 1 aromatic rings. The highest BCUT2D eigenvalue weighted by atomic mass is 79.9. The first-order valence-electron chi connectivity index (χ1n) is 5.61. The van der Waals surface area contributed by atoms with Crippen LogP contribution in [0.5, 0.6) is 0 Å². The Hall–Kier alpha value is -0.430. The Morgan fingerprint density at radius 1 is 1.41 bits per heavy atom. The van der Waals surface area contributed by atoms with Gasteiger partial charge in [-0.1, -0.05) is 0 Å². The minimum Gasteiger partial charge on any atom is -0.385 e. The number of nitrogens with one attached hydrogen (secondary N) is 1. The van der Waals surface area contributed by atoms with Gasteiger partial charge >= 0.3 is 0 Å². The Balaban J connectivity index is 2.80. The molecule has 0 radical (unpaired) electrons. The molecule has 5 nitrogen and oxygen atoms in total. The monoisotopic (exact) mass is 305 g/mol. The van der Waals surface area contributed by atoms with E-state index in [-0.39, 0.29) is 6.04 Å². The Labute approximate surface area is 111 Å². The van der Waals surface area contributed by atoms with Crippen molar-refractivity contribution in [3.63, 3.8) is 0 Å². The number of halogens is 1. The van der Waals surface area contributed by atoms with Crippen molar-refractivity contribution in [2.24, 2.45) is 0 Å². The Morgan fingerprint density at radius 2 is 2.12 bits per heavy atom. The molecular weight excluding hydrogens is 286 g/mol. The molecule has 0 amide bonds. The fourth-order valence-electron chi connectivity index (χ4n) is 1.73. The number of rotatable bonds is 8. The zero-order valence-corrected chi connectivity index (χ0v) is 12.2. The second kappa shape index (κ2) is 7.81. The summed E-state index contributed by atoms with van der Waals surface area (Å²) in [6, 6.07) is 0.226. The van der Waals surface area contributed by atoms with Gasteiger partial charge in [-0.05, 0) is 29.4 Å². The van der Waals surface area contributed by atoms with Crippen molar-refractivity contribution in [1.82, 2.24) is 15.1 Å². The van der Waals surface area contributed by atoms with Gasteiger partial charge in [-0.3, -0.25) is 4.68 Å². The average Bonchev–Trinajstić information content (AvgIpc) is 2.70. The Morgan fingerprint density at radius 3 is 2.71 bits per heavy atom. The standard InChI is InChI=1S/C11H20BrN3O2/c1-13-10(4-6-16-2)11-9(12)8-14-15(11)5-7-17-3/h8,10,13H,4-7H2,1-3H3. The van der Waals surface area contributed by atoms with Crippen LogP contribution in [0.3, 0.4) is 0 Å². The lowest BCUT2D eigenvalue weighted by molar-refractivity contribution is 0.174. The maximum absolute atomic E-state index is 5.12. The van der Waals surface area contributed by atoms with Crippen LogP contribution in [0.1, 0.15) is 18.2 Å². The molecule has 0 aromatic carbocycles. The van der Waals surface area contributed by atoms with Crippen molar-refractivity contribution in [2.45, 2.75) is 19.0 Å². The maximum Gasteiger partial charge on any atom is 0.0697 e. The summed E-state index contributed by atoms with van der Waals surface area (Å²) in [6.45, 7) is 2.12. The smallest absolute Gasteiger partial charge is 0.0697 e. The molecule has 1 aromatic heterocycles. The summed E-state index contributed by atoms with van der Waals surface area (Å²) in [4.78, 5) is 0. The second-order valence-electron chi connectivity index (χ2n) is 3.72. The second-order valence-corrected chi connectivity index (χ2v) is 4.57.